The average molecular weight is 431 g/mol. The lowest BCUT2D eigenvalue weighted by atomic mass is 9.75. The molecule has 0 saturated heterocycles. The van der Waals surface area contributed by atoms with Crippen molar-refractivity contribution in [3.8, 4) is 0 Å². The van der Waals surface area contributed by atoms with Crippen molar-refractivity contribution in [3.63, 3.8) is 0 Å². The second-order valence-corrected chi connectivity index (χ2v) is 10.0. The summed E-state index contributed by atoms with van der Waals surface area (Å²) >= 11 is 0. The van der Waals surface area contributed by atoms with Gasteiger partial charge in [-0.25, -0.2) is 13.2 Å². The van der Waals surface area contributed by atoms with Gasteiger partial charge in [0.2, 0.25) is 0 Å². The summed E-state index contributed by atoms with van der Waals surface area (Å²) in [5, 5.41) is 0. The van der Waals surface area contributed by atoms with E-state index in [1.807, 2.05) is 12.1 Å². The van der Waals surface area contributed by atoms with Crippen LogP contribution in [0.25, 0.3) is 0 Å². The SMILES string of the molecule is C=C(/C=C(/F)C(=C)C)CCC1CCC(c2ccc(C3CCC(C)CC3)c(F)c2F)CC1. The molecular formula is C28H37F3. The molecule has 3 heteroatoms. The maximum absolute atomic E-state index is 15.0. The predicted octanol–water partition coefficient (Wildman–Crippen LogP) is 9.30. The van der Waals surface area contributed by atoms with E-state index in [-0.39, 0.29) is 17.7 Å². The molecule has 0 N–H and O–H groups in total. The van der Waals surface area contributed by atoms with Crippen LogP contribution in [-0.2, 0) is 0 Å². The third-order valence-electron chi connectivity index (χ3n) is 7.50. The molecule has 170 valence electrons. The molecule has 3 rings (SSSR count). The first-order valence-corrected chi connectivity index (χ1v) is 11.9. The van der Waals surface area contributed by atoms with Crippen LogP contribution in [-0.4, -0.2) is 0 Å². The van der Waals surface area contributed by atoms with Gasteiger partial charge < -0.3 is 0 Å². The zero-order valence-electron chi connectivity index (χ0n) is 19.2. The van der Waals surface area contributed by atoms with Crippen molar-refractivity contribution in [1.82, 2.24) is 0 Å². The summed E-state index contributed by atoms with van der Waals surface area (Å²) < 4.78 is 43.5. The highest BCUT2D eigenvalue weighted by molar-refractivity contribution is 5.32. The van der Waals surface area contributed by atoms with Crippen LogP contribution in [0.5, 0.6) is 0 Å². The molecule has 0 nitrogen and oxygen atoms in total. The van der Waals surface area contributed by atoms with Crippen LogP contribution < -0.4 is 0 Å². The van der Waals surface area contributed by atoms with Crippen molar-refractivity contribution in [2.75, 3.05) is 0 Å². The van der Waals surface area contributed by atoms with E-state index in [0.29, 0.717) is 28.5 Å². The minimum absolute atomic E-state index is 0.0927. The lowest BCUT2D eigenvalue weighted by molar-refractivity contribution is 0.304. The van der Waals surface area contributed by atoms with E-state index in [1.165, 1.54) is 6.08 Å². The Balaban J connectivity index is 1.55. The van der Waals surface area contributed by atoms with Gasteiger partial charge in [0.05, 0.1) is 0 Å². The Bertz CT molecular complexity index is 819. The Hall–Kier alpha value is -1.77. The summed E-state index contributed by atoms with van der Waals surface area (Å²) in [6, 6.07) is 3.71. The minimum Gasteiger partial charge on any atom is -0.207 e. The second kappa shape index (κ2) is 10.7. The van der Waals surface area contributed by atoms with Crippen LogP contribution in [0.3, 0.4) is 0 Å². The minimum atomic E-state index is -0.617. The van der Waals surface area contributed by atoms with Crippen LogP contribution in [0.15, 0.2) is 48.3 Å². The topological polar surface area (TPSA) is 0 Å². The molecule has 0 bridgehead atoms. The van der Waals surface area contributed by atoms with Gasteiger partial charge >= 0.3 is 0 Å². The van der Waals surface area contributed by atoms with Gasteiger partial charge in [-0.1, -0.05) is 50.6 Å². The van der Waals surface area contributed by atoms with Gasteiger partial charge in [-0.3, -0.25) is 0 Å². The molecule has 2 fully saturated rings. The van der Waals surface area contributed by atoms with Crippen molar-refractivity contribution >= 4 is 0 Å². The van der Waals surface area contributed by atoms with Gasteiger partial charge in [-0.05, 0) is 105 Å². The molecular weight excluding hydrogens is 393 g/mol. The van der Waals surface area contributed by atoms with E-state index in [4.69, 9.17) is 0 Å². The zero-order chi connectivity index (χ0) is 22.5. The van der Waals surface area contributed by atoms with Crippen molar-refractivity contribution in [3.05, 3.63) is 71.1 Å². The van der Waals surface area contributed by atoms with Crippen molar-refractivity contribution in [1.29, 1.82) is 0 Å². The largest absolute Gasteiger partial charge is 0.207 e. The maximum atomic E-state index is 15.0. The molecule has 1 aromatic rings. The Morgan fingerprint density at radius 2 is 1.39 bits per heavy atom. The summed E-state index contributed by atoms with van der Waals surface area (Å²) in [6.07, 6.45) is 11.0. The number of hydrogen-bond acceptors (Lipinski definition) is 0. The fourth-order valence-electron chi connectivity index (χ4n) is 5.31. The number of hydrogen-bond donors (Lipinski definition) is 0. The van der Waals surface area contributed by atoms with Gasteiger partial charge in [-0.2, -0.15) is 0 Å². The Labute approximate surface area is 186 Å². The molecule has 0 spiro atoms. The molecule has 0 aromatic heterocycles. The summed E-state index contributed by atoms with van der Waals surface area (Å²) in [7, 11) is 0. The highest BCUT2D eigenvalue weighted by Gasteiger charge is 2.29. The quantitative estimate of drug-likeness (QED) is 0.378. The average Bonchev–Trinajstić information content (AvgIpc) is 2.75. The number of allylic oxidation sites excluding steroid dienone is 4. The van der Waals surface area contributed by atoms with E-state index in [0.717, 1.165) is 69.8 Å². The third-order valence-corrected chi connectivity index (χ3v) is 7.50. The van der Waals surface area contributed by atoms with Gasteiger partial charge in [0, 0.05) is 0 Å². The summed E-state index contributed by atoms with van der Waals surface area (Å²) in [6.45, 7) is 11.4. The second-order valence-electron chi connectivity index (χ2n) is 10.0. The van der Waals surface area contributed by atoms with Crippen LogP contribution >= 0.6 is 0 Å². The molecule has 0 atom stereocenters. The van der Waals surface area contributed by atoms with E-state index in [1.54, 1.807) is 6.92 Å². The number of rotatable bonds is 7. The van der Waals surface area contributed by atoms with Crippen LogP contribution in [0.4, 0.5) is 13.2 Å². The molecule has 31 heavy (non-hydrogen) atoms. The predicted molar refractivity (Wildman–Crippen MR) is 124 cm³/mol. The molecule has 0 unspecified atom stereocenters. The molecule has 0 aliphatic heterocycles. The molecule has 2 aliphatic carbocycles. The summed E-state index contributed by atoms with van der Waals surface area (Å²) in [5.41, 5.74) is 2.33. The zero-order valence-corrected chi connectivity index (χ0v) is 19.2. The first-order chi connectivity index (χ1) is 14.8. The smallest absolute Gasteiger partial charge is 0.162 e. The van der Waals surface area contributed by atoms with E-state index < -0.39 is 11.6 Å². The molecule has 2 aliphatic rings. The number of halogens is 3. The van der Waals surface area contributed by atoms with Gasteiger partial charge in [0.25, 0.3) is 0 Å². The first kappa shape index (κ1) is 23.9. The molecule has 2 saturated carbocycles. The Morgan fingerprint density at radius 1 is 0.903 bits per heavy atom. The van der Waals surface area contributed by atoms with Crippen LogP contribution in [0.1, 0.15) is 101 Å². The Morgan fingerprint density at radius 3 is 1.87 bits per heavy atom. The standard InChI is InChI=1S/C28H37F3/c1-18(2)26(29)17-20(4)5-8-21-9-13-23(14-10-21)25-16-15-24(27(30)28(25)31)22-11-6-19(3)7-12-22/h15-17,19,21-23H,1,4-14H2,2-3H3/b26-17+. The number of benzene rings is 1. The van der Waals surface area contributed by atoms with E-state index in [9.17, 15) is 13.2 Å². The third kappa shape index (κ3) is 6.14. The summed E-state index contributed by atoms with van der Waals surface area (Å²) in [4.78, 5) is 0. The van der Waals surface area contributed by atoms with Crippen LogP contribution in [0, 0.1) is 23.5 Å². The van der Waals surface area contributed by atoms with Crippen molar-refractivity contribution in [2.24, 2.45) is 11.8 Å². The molecule has 0 amide bonds. The van der Waals surface area contributed by atoms with Crippen LogP contribution in [0.2, 0.25) is 0 Å². The van der Waals surface area contributed by atoms with Gasteiger partial charge in [-0.15, -0.1) is 0 Å². The normalized spacial score (nSPS) is 27.2. The monoisotopic (exact) mass is 430 g/mol. The molecule has 0 radical (unpaired) electrons. The lowest BCUT2D eigenvalue weighted by Gasteiger charge is -2.30. The van der Waals surface area contributed by atoms with E-state index >= 15 is 0 Å². The fraction of sp³-hybridized carbons (Fsp3) is 0.571. The van der Waals surface area contributed by atoms with Crippen molar-refractivity contribution in [2.45, 2.75) is 89.9 Å². The highest BCUT2D eigenvalue weighted by Crippen LogP contribution is 2.42. The van der Waals surface area contributed by atoms with Gasteiger partial charge in [0.1, 0.15) is 5.83 Å². The summed E-state index contributed by atoms with van der Waals surface area (Å²) in [5.74, 6) is -0.0577. The highest BCUT2D eigenvalue weighted by atomic mass is 19.2. The van der Waals surface area contributed by atoms with Gasteiger partial charge in [0.15, 0.2) is 11.6 Å². The molecule has 1 aromatic carbocycles. The molecule has 0 heterocycles. The Kier molecular flexibility index (Phi) is 8.24. The van der Waals surface area contributed by atoms with Crippen molar-refractivity contribution < 1.29 is 13.2 Å². The van der Waals surface area contributed by atoms with E-state index in [2.05, 4.69) is 20.1 Å². The first-order valence-electron chi connectivity index (χ1n) is 11.9. The lowest BCUT2D eigenvalue weighted by Crippen LogP contribution is -2.17. The fourth-order valence-corrected chi connectivity index (χ4v) is 5.31. The maximum Gasteiger partial charge on any atom is 0.162 e.